The van der Waals surface area contributed by atoms with Crippen molar-refractivity contribution in [3.05, 3.63) is 93.2 Å². The van der Waals surface area contributed by atoms with Crippen LogP contribution in [0.4, 0.5) is 11.5 Å². The van der Waals surface area contributed by atoms with Crippen molar-refractivity contribution in [2.45, 2.75) is 12.5 Å². The Kier molecular flexibility index (Phi) is 5.93. The van der Waals surface area contributed by atoms with Crippen LogP contribution in [0.2, 0.25) is 0 Å². The van der Waals surface area contributed by atoms with Gasteiger partial charge in [0.1, 0.15) is 17.7 Å². The van der Waals surface area contributed by atoms with Gasteiger partial charge in [0, 0.05) is 47.8 Å². The van der Waals surface area contributed by atoms with Crippen molar-refractivity contribution in [1.82, 2.24) is 4.37 Å². The Labute approximate surface area is 199 Å². The van der Waals surface area contributed by atoms with Crippen molar-refractivity contribution < 1.29 is 9.66 Å². The van der Waals surface area contributed by atoms with E-state index in [1.54, 1.807) is 23.5 Å². The summed E-state index contributed by atoms with van der Waals surface area (Å²) in [6.45, 7) is 0.689. The molecule has 0 aliphatic carbocycles. The zero-order valence-electron chi connectivity index (χ0n) is 17.9. The number of aromatic nitrogens is 1. The van der Waals surface area contributed by atoms with Gasteiger partial charge in [0.2, 0.25) is 0 Å². The number of hydrogen-bond donors (Lipinski definition) is 0. The highest BCUT2D eigenvalue weighted by atomic mass is 32.1. The van der Waals surface area contributed by atoms with E-state index in [2.05, 4.69) is 38.9 Å². The van der Waals surface area contributed by atoms with Crippen LogP contribution in [0.15, 0.2) is 78.2 Å². The molecule has 0 N–H and O–H groups in total. The summed E-state index contributed by atoms with van der Waals surface area (Å²) in [5, 5.41) is 16.3. The maximum Gasteiger partial charge on any atom is 0.270 e. The molecule has 0 radical (unpaired) electrons. The van der Waals surface area contributed by atoms with Gasteiger partial charge in [0.05, 0.1) is 9.62 Å². The number of fused-ring (bicyclic) bond motifs is 2. The zero-order valence-corrected chi connectivity index (χ0v) is 19.5. The molecule has 6 nitrogen and oxygen atoms in total. The SMILES string of the molecule is CN(CC[C@H](Oc1cccc2ccccc12)c1cccs1)c1nsc2ccc([N+](=O)[O-])cc12. The number of thiophene rings is 1. The van der Waals surface area contributed by atoms with Crippen LogP contribution >= 0.6 is 22.9 Å². The minimum Gasteiger partial charge on any atom is -0.484 e. The summed E-state index contributed by atoms with van der Waals surface area (Å²) in [6, 6.07) is 23.4. The Hall–Kier alpha value is -3.49. The number of nitrogens with zero attached hydrogens (tertiary/aromatic N) is 3. The first kappa shape index (κ1) is 21.4. The van der Waals surface area contributed by atoms with E-state index in [0.29, 0.717) is 6.54 Å². The second-order valence-electron chi connectivity index (χ2n) is 7.75. The van der Waals surface area contributed by atoms with Gasteiger partial charge in [0.15, 0.2) is 0 Å². The number of ether oxygens (including phenoxy) is 1. The van der Waals surface area contributed by atoms with Crippen LogP contribution in [0.3, 0.4) is 0 Å². The van der Waals surface area contributed by atoms with E-state index in [1.807, 2.05) is 37.4 Å². The minimum atomic E-state index is -0.369. The lowest BCUT2D eigenvalue weighted by Crippen LogP contribution is -2.22. The highest BCUT2D eigenvalue weighted by Gasteiger charge is 2.20. The molecule has 0 saturated carbocycles. The summed E-state index contributed by atoms with van der Waals surface area (Å²) >= 11 is 3.04. The monoisotopic (exact) mass is 475 g/mol. The molecule has 166 valence electrons. The lowest BCUT2D eigenvalue weighted by atomic mass is 10.1. The highest BCUT2D eigenvalue weighted by molar-refractivity contribution is 7.13. The van der Waals surface area contributed by atoms with E-state index in [4.69, 9.17) is 4.74 Å². The van der Waals surface area contributed by atoms with E-state index < -0.39 is 0 Å². The van der Waals surface area contributed by atoms with E-state index in [1.165, 1.54) is 17.6 Å². The second kappa shape index (κ2) is 9.17. The quantitative estimate of drug-likeness (QED) is 0.177. The molecule has 5 aromatic rings. The molecule has 0 unspecified atom stereocenters. The maximum atomic E-state index is 11.2. The molecule has 0 saturated heterocycles. The average Bonchev–Trinajstić information content (AvgIpc) is 3.51. The van der Waals surface area contributed by atoms with Gasteiger partial charge in [-0.3, -0.25) is 10.1 Å². The third-order valence-electron chi connectivity index (χ3n) is 5.61. The summed E-state index contributed by atoms with van der Waals surface area (Å²) in [5.41, 5.74) is 0.0769. The fourth-order valence-corrected chi connectivity index (χ4v) is 5.49. The average molecular weight is 476 g/mol. The molecule has 33 heavy (non-hydrogen) atoms. The predicted molar refractivity (Wildman–Crippen MR) is 136 cm³/mol. The Bertz CT molecular complexity index is 1410. The summed E-state index contributed by atoms with van der Waals surface area (Å²) in [7, 11) is 1.97. The van der Waals surface area contributed by atoms with Crippen LogP contribution in [0.5, 0.6) is 5.75 Å². The van der Waals surface area contributed by atoms with Gasteiger partial charge in [0.25, 0.3) is 5.69 Å². The van der Waals surface area contributed by atoms with E-state index in [9.17, 15) is 10.1 Å². The molecule has 3 aromatic carbocycles. The summed E-state index contributed by atoms with van der Waals surface area (Å²) in [5.74, 6) is 1.62. The number of nitro groups is 1. The van der Waals surface area contributed by atoms with Gasteiger partial charge in [-0.25, -0.2) is 0 Å². The smallest absolute Gasteiger partial charge is 0.270 e. The zero-order chi connectivity index (χ0) is 22.8. The molecule has 5 rings (SSSR count). The molecule has 0 aliphatic heterocycles. The van der Waals surface area contributed by atoms with Crippen LogP contribution in [-0.4, -0.2) is 22.9 Å². The first-order chi connectivity index (χ1) is 16.1. The van der Waals surface area contributed by atoms with Crippen molar-refractivity contribution in [3.63, 3.8) is 0 Å². The normalized spacial score (nSPS) is 12.2. The fraction of sp³-hybridized carbons (Fsp3) is 0.160. The molecule has 0 amide bonds. The van der Waals surface area contributed by atoms with Crippen LogP contribution < -0.4 is 9.64 Å². The molecule has 2 aromatic heterocycles. The Morgan fingerprint density at radius 1 is 1.06 bits per heavy atom. The standard InChI is InChI=1S/C25H21N3O3S2/c1-27(25-20-16-18(28(29)30)11-12-23(20)33-26-25)14-13-22(24-10-5-15-32-24)31-21-9-4-7-17-6-2-3-8-19(17)21/h2-12,15-16,22H,13-14H2,1H3/t22-/m0/s1. The molecular weight excluding hydrogens is 454 g/mol. The van der Waals surface area contributed by atoms with Gasteiger partial charge >= 0.3 is 0 Å². The van der Waals surface area contributed by atoms with E-state index in [0.717, 1.165) is 43.7 Å². The van der Waals surface area contributed by atoms with Crippen molar-refractivity contribution in [2.75, 3.05) is 18.5 Å². The largest absolute Gasteiger partial charge is 0.484 e. The third kappa shape index (κ3) is 4.40. The van der Waals surface area contributed by atoms with Crippen molar-refractivity contribution in [1.29, 1.82) is 0 Å². The number of hydrogen-bond acceptors (Lipinski definition) is 7. The van der Waals surface area contributed by atoms with Crippen LogP contribution in [-0.2, 0) is 0 Å². The number of nitro benzene ring substituents is 1. The van der Waals surface area contributed by atoms with Gasteiger partial charge in [-0.15, -0.1) is 11.3 Å². The molecule has 0 aliphatic rings. The molecule has 2 heterocycles. The van der Waals surface area contributed by atoms with Crippen LogP contribution in [0, 0.1) is 10.1 Å². The van der Waals surface area contributed by atoms with Gasteiger partial charge in [-0.05, 0) is 40.5 Å². The first-order valence-corrected chi connectivity index (χ1v) is 12.2. The second-order valence-corrected chi connectivity index (χ2v) is 9.54. The lowest BCUT2D eigenvalue weighted by Gasteiger charge is -2.23. The number of non-ortho nitro benzene ring substituents is 1. The van der Waals surface area contributed by atoms with Crippen LogP contribution in [0.25, 0.3) is 20.9 Å². The Balaban J connectivity index is 1.39. The van der Waals surface area contributed by atoms with Crippen LogP contribution in [0.1, 0.15) is 17.4 Å². The van der Waals surface area contributed by atoms with Crippen molar-refractivity contribution in [3.8, 4) is 5.75 Å². The Morgan fingerprint density at radius 3 is 2.73 bits per heavy atom. The molecule has 0 fully saturated rings. The van der Waals surface area contributed by atoms with Crippen molar-refractivity contribution in [2.24, 2.45) is 0 Å². The fourth-order valence-electron chi connectivity index (χ4n) is 3.91. The van der Waals surface area contributed by atoms with Gasteiger partial charge in [-0.1, -0.05) is 42.5 Å². The topological polar surface area (TPSA) is 68.5 Å². The predicted octanol–water partition coefficient (Wildman–Crippen LogP) is 7.07. The lowest BCUT2D eigenvalue weighted by molar-refractivity contribution is -0.384. The number of benzene rings is 3. The Morgan fingerprint density at radius 2 is 1.91 bits per heavy atom. The molecule has 0 bridgehead atoms. The van der Waals surface area contributed by atoms with E-state index in [-0.39, 0.29) is 16.7 Å². The number of anilines is 1. The van der Waals surface area contributed by atoms with Gasteiger partial charge in [-0.2, -0.15) is 4.37 Å². The molecule has 1 atom stereocenters. The maximum absolute atomic E-state index is 11.2. The highest BCUT2D eigenvalue weighted by Crippen LogP contribution is 2.35. The van der Waals surface area contributed by atoms with Crippen molar-refractivity contribution >= 4 is 55.2 Å². The summed E-state index contributed by atoms with van der Waals surface area (Å²) in [6.07, 6.45) is 0.631. The minimum absolute atomic E-state index is 0.0769. The first-order valence-electron chi connectivity index (χ1n) is 10.5. The van der Waals surface area contributed by atoms with Gasteiger partial charge < -0.3 is 9.64 Å². The molecule has 0 spiro atoms. The summed E-state index contributed by atoms with van der Waals surface area (Å²) < 4.78 is 12.1. The molecule has 8 heteroatoms. The number of rotatable bonds is 8. The third-order valence-corrected chi connectivity index (χ3v) is 7.39. The summed E-state index contributed by atoms with van der Waals surface area (Å²) in [4.78, 5) is 14.1. The van der Waals surface area contributed by atoms with E-state index >= 15 is 0 Å². The molecular formula is C25H21N3O3S2.